The van der Waals surface area contributed by atoms with E-state index in [2.05, 4.69) is 26.0 Å². The summed E-state index contributed by atoms with van der Waals surface area (Å²) in [7, 11) is -4.26. The highest BCUT2D eigenvalue weighted by Crippen LogP contribution is 2.43. The summed E-state index contributed by atoms with van der Waals surface area (Å²) < 4.78 is 33.2. The van der Waals surface area contributed by atoms with Crippen molar-refractivity contribution in [3.05, 3.63) is 24.5 Å². The fourth-order valence-electron chi connectivity index (χ4n) is 6.51. The zero-order chi connectivity index (χ0) is 39.5. The molecule has 2 atom stereocenters. The summed E-state index contributed by atoms with van der Waals surface area (Å²) >= 11 is 0. The van der Waals surface area contributed by atoms with Gasteiger partial charge in [-0.3, -0.25) is 13.8 Å². The number of carbonyl (C=O) groups excluding carboxylic acids is 1. The summed E-state index contributed by atoms with van der Waals surface area (Å²) in [6.45, 7) is 4.24. The van der Waals surface area contributed by atoms with Gasteiger partial charge in [0, 0.05) is 13.0 Å². The summed E-state index contributed by atoms with van der Waals surface area (Å²) in [5.41, 5.74) is 5.37. The Morgan fingerprint density at radius 2 is 0.944 bits per heavy atom. The van der Waals surface area contributed by atoms with E-state index in [1.807, 2.05) is 6.08 Å². The summed E-state index contributed by atoms with van der Waals surface area (Å²) in [6.07, 6.45) is 48.7. The van der Waals surface area contributed by atoms with Crippen molar-refractivity contribution < 1.29 is 32.8 Å². The Balaban J connectivity index is 3.97. The number of rotatable bonds is 44. The average Bonchev–Trinajstić information content (AvgIpc) is 3.16. The summed E-state index contributed by atoms with van der Waals surface area (Å²) in [6, 6.07) is 0. The van der Waals surface area contributed by atoms with Gasteiger partial charge in [0.15, 0.2) is 6.10 Å². The number of nitrogens with two attached hydrogens (primary N) is 1. The van der Waals surface area contributed by atoms with Gasteiger partial charge in [-0.1, -0.05) is 187 Å². The minimum Gasteiger partial charge on any atom is -0.492 e. The van der Waals surface area contributed by atoms with Gasteiger partial charge in [0.25, 0.3) is 0 Å². The van der Waals surface area contributed by atoms with Crippen LogP contribution in [0.3, 0.4) is 0 Å². The molecule has 0 aliphatic heterocycles. The van der Waals surface area contributed by atoms with Gasteiger partial charge in [-0.15, -0.1) is 0 Å². The highest BCUT2D eigenvalue weighted by atomic mass is 31.2. The summed E-state index contributed by atoms with van der Waals surface area (Å²) in [4.78, 5) is 22.3. The second kappa shape index (κ2) is 43.0. The molecular weight excluding hydrogens is 697 g/mol. The van der Waals surface area contributed by atoms with E-state index in [9.17, 15) is 14.3 Å². The predicted molar refractivity (Wildman–Crippen MR) is 229 cm³/mol. The molecule has 0 heterocycles. The van der Waals surface area contributed by atoms with Crippen LogP contribution in [0, 0.1) is 0 Å². The molecule has 0 radical (unpaired) electrons. The van der Waals surface area contributed by atoms with Gasteiger partial charge in [-0.25, -0.2) is 4.57 Å². The Labute approximate surface area is 334 Å². The molecule has 0 spiro atoms. The van der Waals surface area contributed by atoms with Gasteiger partial charge in [0.05, 0.1) is 19.5 Å². The van der Waals surface area contributed by atoms with Crippen molar-refractivity contribution in [2.24, 2.45) is 5.73 Å². The lowest BCUT2D eigenvalue weighted by Crippen LogP contribution is -2.25. The first kappa shape index (κ1) is 52.8. The fraction of sp³-hybridized carbons (Fsp3) is 0.889. The van der Waals surface area contributed by atoms with Crippen molar-refractivity contribution in [3.8, 4) is 0 Å². The maximum absolute atomic E-state index is 12.4. The van der Waals surface area contributed by atoms with Crippen molar-refractivity contribution in [1.82, 2.24) is 0 Å². The van der Waals surface area contributed by atoms with Crippen LogP contribution in [0.4, 0.5) is 0 Å². The largest absolute Gasteiger partial charge is 0.492 e. The van der Waals surface area contributed by atoms with Crippen molar-refractivity contribution in [1.29, 1.82) is 0 Å². The molecule has 0 bridgehead atoms. The maximum atomic E-state index is 12.4. The molecule has 0 aromatic carbocycles. The molecule has 0 amide bonds. The Bertz CT molecular complexity index is 884. The Kier molecular flexibility index (Phi) is 42.0. The third-order valence-corrected chi connectivity index (χ3v) is 10.9. The predicted octanol–water partition coefficient (Wildman–Crippen LogP) is 14.0. The molecule has 3 N–H and O–H groups in total. The van der Waals surface area contributed by atoms with Crippen LogP contribution >= 0.6 is 7.82 Å². The summed E-state index contributed by atoms with van der Waals surface area (Å²) in [5, 5.41) is 0. The Hall–Kier alpha value is -1.18. The lowest BCUT2D eigenvalue weighted by molar-refractivity contribution is -0.147. The molecule has 1 unspecified atom stereocenters. The topological polar surface area (TPSA) is 117 Å². The smallest absolute Gasteiger partial charge is 0.472 e. The fourth-order valence-corrected chi connectivity index (χ4v) is 7.27. The van der Waals surface area contributed by atoms with Gasteiger partial charge in [0.2, 0.25) is 0 Å². The molecule has 54 heavy (non-hydrogen) atoms. The quantitative estimate of drug-likeness (QED) is 0.0206. The molecule has 8 nitrogen and oxygen atoms in total. The Morgan fingerprint density at radius 3 is 1.37 bits per heavy atom. The van der Waals surface area contributed by atoms with Crippen molar-refractivity contribution in [2.75, 3.05) is 26.4 Å². The van der Waals surface area contributed by atoms with E-state index in [0.29, 0.717) is 6.42 Å². The Morgan fingerprint density at radius 1 is 0.556 bits per heavy atom. The minimum atomic E-state index is -4.26. The third-order valence-electron chi connectivity index (χ3n) is 9.96. The molecule has 0 aliphatic carbocycles. The number of esters is 1. The molecule has 0 saturated heterocycles. The second-order valence-corrected chi connectivity index (χ2v) is 16.8. The number of ether oxygens (including phenoxy) is 2. The third kappa shape index (κ3) is 42.0. The highest BCUT2D eigenvalue weighted by molar-refractivity contribution is 7.47. The second-order valence-electron chi connectivity index (χ2n) is 15.3. The highest BCUT2D eigenvalue weighted by Gasteiger charge is 2.24. The van der Waals surface area contributed by atoms with Crippen LogP contribution in [0.15, 0.2) is 24.5 Å². The normalized spacial score (nSPS) is 13.6. The van der Waals surface area contributed by atoms with E-state index in [-0.39, 0.29) is 32.3 Å². The molecular formula is C45H88NO7P. The van der Waals surface area contributed by atoms with E-state index >= 15 is 0 Å². The zero-order valence-corrected chi connectivity index (χ0v) is 36.4. The number of unbranched alkanes of at least 4 members (excludes halogenated alkanes) is 29. The zero-order valence-electron chi connectivity index (χ0n) is 35.5. The summed E-state index contributed by atoms with van der Waals surface area (Å²) in [5.74, 6) is -0.288. The molecule has 0 saturated carbocycles. The van der Waals surface area contributed by atoms with Crippen molar-refractivity contribution in [3.63, 3.8) is 0 Å². The number of allylic oxidation sites excluding steroid dienone is 3. The lowest BCUT2D eigenvalue weighted by Gasteiger charge is -2.19. The molecule has 9 heteroatoms. The number of hydrogen-bond donors (Lipinski definition) is 2. The molecule has 0 aromatic rings. The standard InChI is InChI=1S/C45H88NO7P/c1-3-5-7-9-11-13-15-17-19-20-21-22-23-24-25-26-28-30-32-34-36-38-45(47)51-42-44(43-53-54(48,49)52-41-39-46)50-40-37-35-33-31-29-27-18-16-14-12-10-8-6-4-2/h17,19,37,40,44H,3-16,18,20-36,38-39,41-43,46H2,1-2H3,(H,48,49)/b19-17-,40-37-/t44-/m1/s1. The molecule has 0 fully saturated rings. The maximum Gasteiger partial charge on any atom is 0.472 e. The van der Waals surface area contributed by atoms with E-state index in [1.165, 1.54) is 173 Å². The van der Waals surface area contributed by atoms with Gasteiger partial charge < -0.3 is 20.1 Å². The van der Waals surface area contributed by atoms with Crippen LogP contribution in [0.25, 0.3) is 0 Å². The van der Waals surface area contributed by atoms with Gasteiger partial charge in [-0.05, 0) is 51.0 Å². The first-order valence-corrected chi connectivity index (χ1v) is 24.4. The monoisotopic (exact) mass is 786 g/mol. The van der Waals surface area contributed by atoms with Crippen LogP contribution < -0.4 is 5.73 Å². The van der Waals surface area contributed by atoms with Gasteiger partial charge in [0.1, 0.15) is 6.61 Å². The number of phosphoric ester groups is 1. The van der Waals surface area contributed by atoms with E-state index < -0.39 is 13.9 Å². The molecule has 320 valence electrons. The average molecular weight is 786 g/mol. The van der Waals surface area contributed by atoms with Crippen LogP contribution in [0.2, 0.25) is 0 Å². The van der Waals surface area contributed by atoms with E-state index in [4.69, 9.17) is 24.3 Å². The number of phosphoric acid groups is 1. The van der Waals surface area contributed by atoms with Crippen LogP contribution in [0.1, 0.15) is 226 Å². The first-order chi connectivity index (χ1) is 26.4. The van der Waals surface area contributed by atoms with E-state index in [0.717, 1.165) is 32.1 Å². The molecule has 0 rings (SSSR count). The van der Waals surface area contributed by atoms with Gasteiger partial charge in [-0.2, -0.15) is 0 Å². The molecule has 0 aromatic heterocycles. The van der Waals surface area contributed by atoms with Crippen molar-refractivity contribution >= 4 is 13.8 Å². The van der Waals surface area contributed by atoms with Gasteiger partial charge >= 0.3 is 13.8 Å². The SMILES string of the molecule is CCCCCCCC/C=C\CCCCCCCCCCCCCC(=O)OC[C@H](COP(=O)(O)OCCN)O/C=C\CCCCCCCCCCCCCC. The van der Waals surface area contributed by atoms with E-state index in [1.54, 1.807) is 6.26 Å². The van der Waals surface area contributed by atoms with Crippen molar-refractivity contribution in [2.45, 2.75) is 232 Å². The number of carbonyl (C=O) groups is 1. The van der Waals surface area contributed by atoms with Crippen LogP contribution in [-0.4, -0.2) is 43.3 Å². The number of hydrogen-bond acceptors (Lipinski definition) is 7. The van der Waals surface area contributed by atoms with Crippen LogP contribution in [-0.2, 0) is 27.9 Å². The lowest BCUT2D eigenvalue weighted by atomic mass is 10.0. The first-order valence-electron chi connectivity index (χ1n) is 22.9. The minimum absolute atomic E-state index is 0.0609. The molecule has 0 aliphatic rings. The van der Waals surface area contributed by atoms with Crippen LogP contribution in [0.5, 0.6) is 0 Å².